The van der Waals surface area contributed by atoms with Gasteiger partial charge < -0.3 is 10.4 Å². The summed E-state index contributed by atoms with van der Waals surface area (Å²) < 4.78 is 0. The number of benzene rings is 1. The monoisotopic (exact) mass is 290 g/mol. The van der Waals surface area contributed by atoms with Crippen LogP contribution in [0.1, 0.15) is 37.3 Å². The van der Waals surface area contributed by atoms with Crippen LogP contribution in [0.15, 0.2) is 24.3 Å². The van der Waals surface area contributed by atoms with Crippen molar-refractivity contribution in [3.8, 4) is 0 Å². The number of piperazine rings is 1. The molecule has 116 valence electrons. The van der Waals surface area contributed by atoms with E-state index < -0.39 is 5.97 Å². The molecule has 0 spiro atoms. The van der Waals surface area contributed by atoms with Gasteiger partial charge in [0.05, 0.1) is 6.42 Å². The minimum absolute atomic E-state index is 0.0921. The summed E-state index contributed by atoms with van der Waals surface area (Å²) in [5.74, 6) is -0.181. The van der Waals surface area contributed by atoms with Crippen LogP contribution in [-0.4, -0.2) is 48.2 Å². The third-order valence-electron chi connectivity index (χ3n) is 4.20. The second-order valence-corrected chi connectivity index (χ2v) is 6.14. The molecule has 0 bridgehead atoms. The van der Waals surface area contributed by atoms with E-state index in [4.69, 9.17) is 5.11 Å². The Morgan fingerprint density at radius 3 is 2.38 bits per heavy atom. The first-order valence-corrected chi connectivity index (χ1v) is 7.81. The predicted molar refractivity (Wildman–Crippen MR) is 84.7 cm³/mol. The average Bonchev–Trinajstić information content (AvgIpc) is 2.47. The van der Waals surface area contributed by atoms with E-state index in [-0.39, 0.29) is 12.5 Å². The van der Waals surface area contributed by atoms with Gasteiger partial charge in [-0.1, -0.05) is 38.1 Å². The zero-order valence-corrected chi connectivity index (χ0v) is 13.0. The first-order chi connectivity index (χ1) is 10.1. The number of hydrogen-bond acceptors (Lipinski definition) is 3. The molecule has 0 saturated carbocycles. The van der Waals surface area contributed by atoms with Crippen molar-refractivity contribution in [2.45, 2.75) is 38.6 Å². The fraction of sp³-hybridized carbons (Fsp3) is 0.588. The van der Waals surface area contributed by atoms with Gasteiger partial charge in [0, 0.05) is 32.2 Å². The standard InChI is InChI=1S/C17H26N2O2/c1-13(2)15-5-3-14(4-6-15)11-16(12-17(20)21)19-9-7-18-8-10-19/h3-6,13,16,18H,7-12H2,1-2H3,(H,20,21). The Labute approximate surface area is 127 Å². The topological polar surface area (TPSA) is 52.6 Å². The molecule has 4 nitrogen and oxygen atoms in total. The molecule has 1 heterocycles. The Bertz CT molecular complexity index is 450. The van der Waals surface area contributed by atoms with Crippen LogP contribution in [0.2, 0.25) is 0 Å². The second kappa shape index (κ2) is 7.57. The summed E-state index contributed by atoms with van der Waals surface area (Å²) in [5, 5.41) is 12.5. The normalized spacial score (nSPS) is 17.9. The second-order valence-electron chi connectivity index (χ2n) is 6.14. The van der Waals surface area contributed by atoms with E-state index in [2.05, 4.69) is 48.3 Å². The average molecular weight is 290 g/mol. The van der Waals surface area contributed by atoms with Crippen LogP contribution in [0.25, 0.3) is 0 Å². The van der Waals surface area contributed by atoms with Crippen LogP contribution < -0.4 is 5.32 Å². The van der Waals surface area contributed by atoms with Crippen molar-refractivity contribution in [2.75, 3.05) is 26.2 Å². The van der Waals surface area contributed by atoms with Crippen LogP contribution in [0.4, 0.5) is 0 Å². The maximum absolute atomic E-state index is 11.1. The Morgan fingerprint density at radius 1 is 1.24 bits per heavy atom. The van der Waals surface area contributed by atoms with E-state index >= 15 is 0 Å². The van der Waals surface area contributed by atoms with Gasteiger partial charge in [0.15, 0.2) is 0 Å². The minimum Gasteiger partial charge on any atom is -0.481 e. The van der Waals surface area contributed by atoms with Crippen LogP contribution in [0.3, 0.4) is 0 Å². The lowest BCUT2D eigenvalue weighted by atomic mass is 9.97. The van der Waals surface area contributed by atoms with E-state index in [0.717, 1.165) is 32.6 Å². The van der Waals surface area contributed by atoms with Crippen LogP contribution in [0.5, 0.6) is 0 Å². The summed E-state index contributed by atoms with van der Waals surface area (Å²) >= 11 is 0. The van der Waals surface area contributed by atoms with Gasteiger partial charge in [0.25, 0.3) is 0 Å². The Hall–Kier alpha value is -1.39. The maximum Gasteiger partial charge on any atom is 0.304 e. The smallest absolute Gasteiger partial charge is 0.304 e. The van der Waals surface area contributed by atoms with Gasteiger partial charge >= 0.3 is 5.97 Å². The van der Waals surface area contributed by atoms with Crippen LogP contribution in [-0.2, 0) is 11.2 Å². The SMILES string of the molecule is CC(C)c1ccc(CC(CC(=O)O)N2CCNCC2)cc1. The fourth-order valence-electron chi connectivity index (χ4n) is 2.89. The lowest BCUT2D eigenvalue weighted by Gasteiger charge is -2.34. The molecule has 0 radical (unpaired) electrons. The molecule has 21 heavy (non-hydrogen) atoms. The number of carboxylic acid groups (broad SMARTS) is 1. The fourth-order valence-corrected chi connectivity index (χ4v) is 2.89. The highest BCUT2D eigenvalue weighted by atomic mass is 16.4. The molecule has 1 saturated heterocycles. The molecule has 1 aliphatic rings. The van der Waals surface area contributed by atoms with Crippen molar-refractivity contribution in [1.82, 2.24) is 10.2 Å². The van der Waals surface area contributed by atoms with Gasteiger partial charge in [-0.05, 0) is 23.5 Å². The Balaban J connectivity index is 2.04. The number of carboxylic acids is 1. The molecular weight excluding hydrogens is 264 g/mol. The summed E-state index contributed by atoms with van der Waals surface area (Å²) in [6, 6.07) is 8.71. The van der Waals surface area contributed by atoms with E-state index in [0.29, 0.717) is 5.92 Å². The zero-order valence-electron chi connectivity index (χ0n) is 13.0. The van der Waals surface area contributed by atoms with Gasteiger partial charge in [-0.15, -0.1) is 0 Å². The molecule has 1 aromatic rings. The molecule has 2 N–H and O–H groups in total. The van der Waals surface area contributed by atoms with Crippen molar-refractivity contribution in [2.24, 2.45) is 0 Å². The molecule has 1 unspecified atom stereocenters. The van der Waals surface area contributed by atoms with E-state index in [1.54, 1.807) is 0 Å². The molecule has 1 aliphatic heterocycles. The number of rotatable bonds is 6. The maximum atomic E-state index is 11.1. The van der Waals surface area contributed by atoms with Crippen molar-refractivity contribution in [3.63, 3.8) is 0 Å². The molecule has 4 heteroatoms. The zero-order chi connectivity index (χ0) is 15.2. The van der Waals surface area contributed by atoms with E-state index in [1.807, 2.05) is 0 Å². The summed E-state index contributed by atoms with van der Waals surface area (Å²) in [4.78, 5) is 13.5. The van der Waals surface area contributed by atoms with Crippen molar-refractivity contribution in [1.29, 1.82) is 0 Å². The first-order valence-electron chi connectivity index (χ1n) is 7.81. The summed E-state index contributed by atoms with van der Waals surface area (Å²) in [7, 11) is 0. The van der Waals surface area contributed by atoms with Gasteiger partial charge in [0.1, 0.15) is 0 Å². The molecule has 1 atom stereocenters. The summed E-state index contributed by atoms with van der Waals surface area (Å²) in [6.45, 7) is 8.13. The highest BCUT2D eigenvalue weighted by Gasteiger charge is 2.23. The number of carbonyl (C=O) groups is 1. The van der Waals surface area contributed by atoms with E-state index in [9.17, 15) is 4.79 Å². The third kappa shape index (κ3) is 4.83. The van der Waals surface area contributed by atoms with Gasteiger partial charge in [-0.25, -0.2) is 0 Å². The third-order valence-corrected chi connectivity index (χ3v) is 4.20. The number of nitrogens with zero attached hydrogens (tertiary/aromatic N) is 1. The molecule has 0 aliphatic carbocycles. The van der Waals surface area contributed by atoms with E-state index in [1.165, 1.54) is 11.1 Å². The number of hydrogen-bond donors (Lipinski definition) is 2. The predicted octanol–water partition coefficient (Wildman–Crippen LogP) is 2.10. The quantitative estimate of drug-likeness (QED) is 0.842. The van der Waals surface area contributed by atoms with Crippen molar-refractivity contribution >= 4 is 5.97 Å². The highest BCUT2D eigenvalue weighted by Crippen LogP contribution is 2.18. The Morgan fingerprint density at radius 2 is 1.86 bits per heavy atom. The van der Waals surface area contributed by atoms with Crippen LogP contribution in [0, 0.1) is 0 Å². The Kier molecular flexibility index (Phi) is 5.76. The molecule has 0 amide bonds. The molecule has 0 aromatic heterocycles. The lowest BCUT2D eigenvalue weighted by molar-refractivity contribution is -0.138. The van der Waals surface area contributed by atoms with Gasteiger partial charge in [0.2, 0.25) is 0 Å². The van der Waals surface area contributed by atoms with Crippen molar-refractivity contribution < 1.29 is 9.90 Å². The lowest BCUT2D eigenvalue weighted by Crippen LogP contribution is -2.49. The van der Waals surface area contributed by atoms with Crippen LogP contribution >= 0.6 is 0 Å². The molecular formula is C17H26N2O2. The molecule has 1 fully saturated rings. The number of aliphatic carboxylic acids is 1. The largest absolute Gasteiger partial charge is 0.481 e. The van der Waals surface area contributed by atoms with Gasteiger partial charge in [-0.3, -0.25) is 9.69 Å². The first kappa shape index (κ1) is 16.0. The molecule has 2 rings (SSSR count). The minimum atomic E-state index is -0.711. The summed E-state index contributed by atoms with van der Waals surface area (Å²) in [6.07, 6.45) is 1.02. The van der Waals surface area contributed by atoms with Gasteiger partial charge in [-0.2, -0.15) is 0 Å². The number of nitrogens with one attached hydrogen (secondary N) is 1. The summed E-state index contributed by atoms with van der Waals surface area (Å²) in [5.41, 5.74) is 2.56. The highest BCUT2D eigenvalue weighted by molar-refractivity contribution is 5.67. The van der Waals surface area contributed by atoms with Crippen molar-refractivity contribution in [3.05, 3.63) is 35.4 Å². The molecule has 1 aromatic carbocycles.